The van der Waals surface area contributed by atoms with Gasteiger partial charge in [0.25, 0.3) is 0 Å². The summed E-state index contributed by atoms with van der Waals surface area (Å²) in [5.41, 5.74) is 3.04. The van der Waals surface area contributed by atoms with E-state index in [4.69, 9.17) is 5.26 Å². The van der Waals surface area contributed by atoms with Gasteiger partial charge in [-0.3, -0.25) is 0 Å². The van der Waals surface area contributed by atoms with Gasteiger partial charge in [0.1, 0.15) is 0 Å². The van der Waals surface area contributed by atoms with Crippen LogP contribution in [-0.4, -0.2) is 0 Å². The van der Waals surface area contributed by atoms with Crippen molar-refractivity contribution in [2.45, 2.75) is 0 Å². The molecule has 1 heteroatoms. The van der Waals surface area contributed by atoms with Crippen LogP contribution in [-0.2, 0) is 0 Å². The molecule has 0 saturated heterocycles. The lowest BCUT2D eigenvalue weighted by atomic mass is 10.0. The van der Waals surface area contributed by atoms with Gasteiger partial charge in [-0.1, -0.05) is 60.7 Å². The van der Waals surface area contributed by atoms with Crippen LogP contribution < -0.4 is 0 Å². The first-order chi connectivity index (χ1) is 9.85. The van der Waals surface area contributed by atoms with Gasteiger partial charge in [-0.05, 0) is 40.1 Å². The molecule has 0 aliphatic carbocycles. The molecule has 0 aliphatic rings. The summed E-state index contributed by atoms with van der Waals surface area (Å²) in [5.74, 6) is 0. The van der Waals surface area contributed by atoms with Crippen molar-refractivity contribution in [2.24, 2.45) is 0 Å². The van der Waals surface area contributed by atoms with E-state index >= 15 is 0 Å². The molecule has 3 rings (SSSR count). The standard InChI is InChI=1S/C19H13N/c20-14-17-9-11-18-12-16(8-10-19(18)13-17)7-6-15-4-2-1-3-5-15/h1-13H/b7-6+. The Kier molecular flexibility index (Phi) is 3.31. The Labute approximate surface area is 118 Å². The molecule has 0 radical (unpaired) electrons. The predicted molar refractivity (Wildman–Crippen MR) is 84.0 cm³/mol. The van der Waals surface area contributed by atoms with Crippen molar-refractivity contribution >= 4 is 22.9 Å². The number of hydrogen-bond donors (Lipinski definition) is 0. The van der Waals surface area contributed by atoms with Crippen LogP contribution >= 0.6 is 0 Å². The Hall–Kier alpha value is -2.85. The lowest BCUT2D eigenvalue weighted by Gasteiger charge is -2.00. The zero-order chi connectivity index (χ0) is 13.8. The van der Waals surface area contributed by atoms with Crippen molar-refractivity contribution in [3.8, 4) is 6.07 Å². The van der Waals surface area contributed by atoms with Crippen molar-refractivity contribution < 1.29 is 0 Å². The summed E-state index contributed by atoms with van der Waals surface area (Å²) in [6, 6.07) is 24.4. The summed E-state index contributed by atoms with van der Waals surface area (Å²) < 4.78 is 0. The third-order valence-electron chi connectivity index (χ3n) is 3.26. The summed E-state index contributed by atoms with van der Waals surface area (Å²) in [5, 5.41) is 11.2. The van der Waals surface area contributed by atoms with Crippen LogP contribution in [0.15, 0.2) is 66.7 Å². The van der Waals surface area contributed by atoms with Crippen molar-refractivity contribution in [3.63, 3.8) is 0 Å². The summed E-state index contributed by atoms with van der Waals surface area (Å²) >= 11 is 0. The Bertz CT molecular complexity index is 808. The third-order valence-corrected chi connectivity index (χ3v) is 3.26. The van der Waals surface area contributed by atoms with Crippen molar-refractivity contribution in [2.75, 3.05) is 0 Å². The second-order valence-corrected chi connectivity index (χ2v) is 4.68. The molecule has 0 bridgehead atoms. The van der Waals surface area contributed by atoms with E-state index in [2.05, 4.69) is 48.6 Å². The minimum Gasteiger partial charge on any atom is -0.192 e. The lowest BCUT2D eigenvalue weighted by molar-refractivity contribution is 1.50. The molecule has 20 heavy (non-hydrogen) atoms. The van der Waals surface area contributed by atoms with E-state index in [9.17, 15) is 0 Å². The molecule has 0 N–H and O–H groups in total. The molecule has 0 amide bonds. The molecule has 3 aromatic carbocycles. The van der Waals surface area contributed by atoms with Gasteiger partial charge < -0.3 is 0 Å². The maximum atomic E-state index is 8.90. The van der Waals surface area contributed by atoms with E-state index in [1.165, 1.54) is 5.56 Å². The van der Waals surface area contributed by atoms with Crippen LogP contribution in [0.2, 0.25) is 0 Å². The van der Waals surface area contributed by atoms with E-state index in [0.717, 1.165) is 16.3 Å². The first-order valence-corrected chi connectivity index (χ1v) is 6.52. The van der Waals surface area contributed by atoms with Gasteiger partial charge in [0.15, 0.2) is 0 Å². The van der Waals surface area contributed by atoms with Gasteiger partial charge in [0, 0.05) is 0 Å². The van der Waals surface area contributed by atoms with Gasteiger partial charge >= 0.3 is 0 Å². The van der Waals surface area contributed by atoms with Gasteiger partial charge in [-0.15, -0.1) is 0 Å². The average molecular weight is 255 g/mol. The third kappa shape index (κ3) is 2.60. The number of benzene rings is 3. The number of nitrogens with zero attached hydrogens (tertiary/aromatic N) is 1. The molecule has 0 aromatic heterocycles. The molecule has 0 fully saturated rings. The van der Waals surface area contributed by atoms with Gasteiger partial charge in [-0.25, -0.2) is 0 Å². The maximum absolute atomic E-state index is 8.90. The van der Waals surface area contributed by atoms with Gasteiger partial charge in [0.05, 0.1) is 11.6 Å². The smallest absolute Gasteiger partial charge is 0.0991 e. The van der Waals surface area contributed by atoms with E-state index in [1.54, 1.807) is 0 Å². The van der Waals surface area contributed by atoms with Crippen molar-refractivity contribution in [1.29, 1.82) is 5.26 Å². The molecule has 0 heterocycles. The van der Waals surface area contributed by atoms with Crippen LogP contribution in [0, 0.1) is 11.3 Å². The van der Waals surface area contributed by atoms with E-state index in [-0.39, 0.29) is 0 Å². The molecule has 0 unspecified atom stereocenters. The quantitative estimate of drug-likeness (QED) is 0.598. The Balaban J connectivity index is 1.94. The first kappa shape index (κ1) is 12.2. The molecule has 3 aromatic rings. The minimum absolute atomic E-state index is 0.699. The van der Waals surface area contributed by atoms with Crippen LogP contribution in [0.5, 0.6) is 0 Å². The Morgan fingerprint density at radius 1 is 0.700 bits per heavy atom. The predicted octanol–water partition coefficient (Wildman–Crippen LogP) is 4.88. The molecule has 1 nitrogen and oxygen atoms in total. The highest BCUT2D eigenvalue weighted by atomic mass is 14.2. The summed E-state index contributed by atoms with van der Waals surface area (Å²) in [6.45, 7) is 0. The van der Waals surface area contributed by atoms with E-state index < -0.39 is 0 Å². The second-order valence-electron chi connectivity index (χ2n) is 4.68. The lowest BCUT2D eigenvalue weighted by Crippen LogP contribution is -1.78. The molecule has 94 valence electrons. The highest BCUT2D eigenvalue weighted by Gasteiger charge is 1.96. The second kappa shape index (κ2) is 5.42. The number of rotatable bonds is 2. The Morgan fingerprint density at radius 3 is 2.20 bits per heavy atom. The monoisotopic (exact) mass is 255 g/mol. The van der Waals surface area contributed by atoms with Gasteiger partial charge in [-0.2, -0.15) is 5.26 Å². The van der Waals surface area contributed by atoms with Crippen molar-refractivity contribution in [3.05, 3.63) is 83.4 Å². The molecule has 0 saturated carbocycles. The molecule has 0 aliphatic heterocycles. The fraction of sp³-hybridized carbons (Fsp3) is 0. The fourth-order valence-electron chi connectivity index (χ4n) is 2.19. The van der Waals surface area contributed by atoms with Crippen LogP contribution in [0.25, 0.3) is 22.9 Å². The zero-order valence-corrected chi connectivity index (χ0v) is 11.0. The largest absolute Gasteiger partial charge is 0.192 e. The topological polar surface area (TPSA) is 23.8 Å². The minimum atomic E-state index is 0.699. The van der Waals surface area contributed by atoms with Crippen molar-refractivity contribution in [1.82, 2.24) is 0 Å². The molecular formula is C19H13N. The van der Waals surface area contributed by atoms with Crippen LogP contribution in [0.1, 0.15) is 16.7 Å². The SMILES string of the molecule is N#Cc1ccc2cc(/C=C/c3ccccc3)ccc2c1. The highest BCUT2D eigenvalue weighted by Crippen LogP contribution is 2.19. The summed E-state index contributed by atoms with van der Waals surface area (Å²) in [6.07, 6.45) is 4.21. The van der Waals surface area contributed by atoms with Crippen LogP contribution in [0.3, 0.4) is 0 Å². The summed E-state index contributed by atoms with van der Waals surface area (Å²) in [4.78, 5) is 0. The summed E-state index contributed by atoms with van der Waals surface area (Å²) in [7, 11) is 0. The molecule has 0 atom stereocenters. The number of fused-ring (bicyclic) bond motifs is 1. The van der Waals surface area contributed by atoms with Gasteiger partial charge in [0.2, 0.25) is 0 Å². The number of hydrogen-bond acceptors (Lipinski definition) is 1. The highest BCUT2D eigenvalue weighted by molar-refractivity contribution is 5.87. The van der Waals surface area contributed by atoms with E-state index in [0.29, 0.717) is 5.56 Å². The first-order valence-electron chi connectivity index (χ1n) is 6.52. The van der Waals surface area contributed by atoms with Crippen LogP contribution in [0.4, 0.5) is 0 Å². The molecular weight excluding hydrogens is 242 g/mol. The Morgan fingerprint density at radius 2 is 1.40 bits per heavy atom. The fourth-order valence-corrected chi connectivity index (χ4v) is 2.19. The maximum Gasteiger partial charge on any atom is 0.0991 e. The average Bonchev–Trinajstić information content (AvgIpc) is 2.53. The zero-order valence-electron chi connectivity index (χ0n) is 11.0. The molecule has 0 spiro atoms. The number of nitriles is 1. The normalized spacial score (nSPS) is 10.8. The van der Waals surface area contributed by atoms with E-state index in [1.807, 2.05) is 36.4 Å².